The quantitative estimate of drug-likeness (QED) is 0.876. The predicted octanol–water partition coefficient (Wildman–Crippen LogP) is 3.27. The molecule has 4 nitrogen and oxygen atoms in total. The van der Waals surface area contributed by atoms with Crippen LogP contribution in [-0.4, -0.2) is 23.3 Å². The van der Waals surface area contributed by atoms with E-state index in [0.717, 1.165) is 0 Å². The number of benzene rings is 2. The maximum Gasteiger partial charge on any atom is 0.354 e. The minimum Gasteiger partial charge on any atom is -0.471 e. The summed E-state index contributed by atoms with van der Waals surface area (Å²) in [6, 6.07) is 16.4. The number of fused-ring (bicyclic) bond motifs is 1. The molecule has 0 unspecified atom stereocenters. The van der Waals surface area contributed by atoms with Crippen molar-refractivity contribution in [2.24, 2.45) is 5.92 Å². The standard InChI is InChI=1S/C20H22O4/c1-4-23-18(21)20(14(2)3)19(22,15-10-6-5-7-11-15)16-12-8-9-13-17(16)24-20/h5-14,22H,4H2,1-3H3/t19-,20+/m1/s1. The van der Waals surface area contributed by atoms with Crippen LogP contribution >= 0.6 is 0 Å². The molecule has 0 aliphatic carbocycles. The Hall–Kier alpha value is -2.33. The second-order valence-electron chi connectivity index (χ2n) is 6.29. The van der Waals surface area contributed by atoms with E-state index in [0.29, 0.717) is 16.9 Å². The Balaban J connectivity index is 2.31. The van der Waals surface area contributed by atoms with E-state index in [4.69, 9.17) is 9.47 Å². The Morgan fingerprint density at radius 3 is 2.38 bits per heavy atom. The highest BCUT2D eigenvalue weighted by Gasteiger charge is 2.67. The van der Waals surface area contributed by atoms with Crippen molar-refractivity contribution >= 4 is 5.97 Å². The Bertz CT molecular complexity index is 740. The summed E-state index contributed by atoms with van der Waals surface area (Å²) in [6.45, 7) is 5.68. The number of rotatable bonds is 4. The van der Waals surface area contributed by atoms with Gasteiger partial charge in [0.15, 0.2) is 5.60 Å². The average Bonchev–Trinajstić information content (AvgIpc) is 2.88. The molecule has 1 aliphatic rings. The Morgan fingerprint density at radius 2 is 1.75 bits per heavy atom. The highest BCUT2D eigenvalue weighted by molar-refractivity contribution is 5.86. The minimum atomic E-state index is -1.62. The molecule has 2 atom stereocenters. The number of carbonyl (C=O) groups excluding carboxylic acids is 1. The summed E-state index contributed by atoms with van der Waals surface area (Å²) < 4.78 is 11.4. The third-order valence-corrected chi connectivity index (χ3v) is 4.67. The topological polar surface area (TPSA) is 55.8 Å². The lowest BCUT2D eigenvalue weighted by atomic mass is 9.69. The van der Waals surface area contributed by atoms with Gasteiger partial charge in [0, 0.05) is 11.5 Å². The fraction of sp³-hybridized carbons (Fsp3) is 0.350. The first-order valence-electron chi connectivity index (χ1n) is 8.22. The van der Waals surface area contributed by atoms with E-state index in [-0.39, 0.29) is 12.5 Å². The predicted molar refractivity (Wildman–Crippen MR) is 90.7 cm³/mol. The number of hydrogen-bond acceptors (Lipinski definition) is 4. The first kappa shape index (κ1) is 16.5. The summed E-state index contributed by atoms with van der Waals surface area (Å²) in [5, 5.41) is 11.9. The molecule has 0 bridgehead atoms. The van der Waals surface area contributed by atoms with Crippen LogP contribution in [0.2, 0.25) is 0 Å². The van der Waals surface area contributed by atoms with Crippen molar-refractivity contribution in [2.45, 2.75) is 32.0 Å². The van der Waals surface area contributed by atoms with Gasteiger partial charge in [0.1, 0.15) is 5.75 Å². The monoisotopic (exact) mass is 326 g/mol. The van der Waals surface area contributed by atoms with Crippen molar-refractivity contribution < 1.29 is 19.4 Å². The van der Waals surface area contributed by atoms with Crippen LogP contribution in [0, 0.1) is 5.92 Å². The van der Waals surface area contributed by atoms with Crippen LogP contribution in [0.1, 0.15) is 31.9 Å². The van der Waals surface area contributed by atoms with Crippen molar-refractivity contribution in [3.8, 4) is 5.75 Å². The summed E-state index contributed by atoms with van der Waals surface area (Å²) in [7, 11) is 0. The zero-order valence-electron chi connectivity index (χ0n) is 14.2. The average molecular weight is 326 g/mol. The third-order valence-electron chi connectivity index (χ3n) is 4.67. The second-order valence-corrected chi connectivity index (χ2v) is 6.29. The van der Waals surface area contributed by atoms with E-state index in [1.807, 2.05) is 56.3 Å². The lowest BCUT2D eigenvalue weighted by Gasteiger charge is -2.41. The Morgan fingerprint density at radius 1 is 1.12 bits per heavy atom. The van der Waals surface area contributed by atoms with Gasteiger partial charge in [0.25, 0.3) is 0 Å². The summed E-state index contributed by atoms with van der Waals surface area (Å²) >= 11 is 0. The summed E-state index contributed by atoms with van der Waals surface area (Å²) in [5.74, 6) is -0.359. The van der Waals surface area contributed by atoms with Gasteiger partial charge in [0.2, 0.25) is 5.60 Å². The zero-order chi connectivity index (χ0) is 17.4. The van der Waals surface area contributed by atoms with Gasteiger partial charge >= 0.3 is 5.97 Å². The molecule has 2 aromatic carbocycles. The van der Waals surface area contributed by atoms with Gasteiger partial charge in [-0.15, -0.1) is 0 Å². The van der Waals surface area contributed by atoms with Crippen LogP contribution in [0.5, 0.6) is 5.75 Å². The minimum absolute atomic E-state index is 0.220. The van der Waals surface area contributed by atoms with Crippen molar-refractivity contribution in [3.63, 3.8) is 0 Å². The van der Waals surface area contributed by atoms with Gasteiger partial charge in [-0.05, 0) is 18.6 Å². The van der Waals surface area contributed by atoms with Gasteiger partial charge in [-0.3, -0.25) is 0 Å². The number of hydrogen-bond donors (Lipinski definition) is 1. The van der Waals surface area contributed by atoms with Crippen molar-refractivity contribution in [3.05, 3.63) is 65.7 Å². The van der Waals surface area contributed by atoms with Gasteiger partial charge < -0.3 is 14.6 Å². The van der Waals surface area contributed by atoms with E-state index in [9.17, 15) is 9.90 Å². The lowest BCUT2D eigenvalue weighted by Crippen LogP contribution is -2.62. The number of carbonyl (C=O) groups is 1. The van der Waals surface area contributed by atoms with Crippen LogP contribution in [-0.2, 0) is 15.1 Å². The largest absolute Gasteiger partial charge is 0.471 e. The highest BCUT2D eigenvalue weighted by atomic mass is 16.6. The van der Waals surface area contributed by atoms with E-state index < -0.39 is 17.2 Å². The van der Waals surface area contributed by atoms with Crippen molar-refractivity contribution in [1.29, 1.82) is 0 Å². The smallest absolute Gasteiger partial charge is 0.354 e. The molecule has 0 fully saturated rings. The van der Waals surface area contributed by atoms with Gasteiger partial charge in [0.05, 0.1) is 6.61 Å². The maximum absolute atomic E-state index is 13.0. The lowest BCUT2D eigenvalue weighted by molar-refractivity contribution is -0.187. The van der Waals surface area contributed by atoms with Gasteiger partial charge in [-0.25, -0.2) is 4.79 Å². The molecule has 0 saturated heterocycles. The molecule has 3 rings (SSSR count). The molecule has 0 amide bonds. The molecule has 1 heterocycles. The number of aliphatic hydroxyl groups is 1. The molecule has 0 spiro atoms. The van der Waals surface area contributed by atoms with E-state index in [1.54, 1.807) is 19.1 Å². The molecular weight excluding hydrogens is 304 g/mol. The zero-order valence-corrected chi connectivity index (χ0v) is 14.2. The third kappa shape index (κ3) is 2.06. The maximum atomic E-state index is 13.0. The van der Waals surface area contributed by atoms with Gasteiger partial charge in [-0.1, -0.05) is 62.4 Å². The molecule has 2 aromatic rings. The van der Waals surface area contributed by atoms with Gasteiger partial charge in [-0.2, -0.15) is 0 Å². The molecule has 0 radical (unpaired) electrons. The van der Waals surface area contributed by atoms with E-state index in [2.05, 4.69) is 0 Å². The van der Waals surface area contributed by atoms with Crippen molar-refractivity contribution in [1.82, 2.24) is 0 Å². The number of para-hydroxylation sites is 1. The molecular formula is C20H22O4. The first-order chi connectivity index (χ1) is 11.5. The molecule has 126 valence electrons. The van der Waals surface area contributed by atoms with Crippen LogP contribution in [0.3, 0.4) is 0 Å². The summed E-state index contributed by atoms with van der Waals surface area (Å²) in [4.78, 5) is 13.0. The molecule has 1 N–H and O–H groups in total. The Kier molecular flexibility index (Phi) is 4.10. The van der Waals surface area contributed by atoms with Crippen LogP contribution in [0.25, 0.3) is 0 Å². The van der Waals surface area contributed by atoms with E-state index >= 15 is 0 Å². The number of ether oxygens (including phenoxy) is 2. The van der Waals surface area contributed by atoms with Crippen molar-refractivity contribution in [2.75, 3.05) is 6.61 Å². The molecule has 1 aliphatic heterocycles. The molecule has 4 heteroatoms. The fourth-order valence-corrected chi connectivity index (χ4v) is 3.55. The fourth-order valence-electron chi connectivity index (χ4n) is 3.55. The molecule has 0 saturated carbocycles. The first-order valence-corrected chi connectivity index (χ1v) is 8.22. The van der Waals surface area contributed by atoms with E-state index in [1.165, 1.54) is 0 Å². The summed E-state index contributed by atoms with van der Waals surface area (Å²) in [5.41, 5.74) is -1.96. The second kappa shape index (κ2) is 5.95. The Labute approximate surface area is 142 Å². The normalized spacial score (nSPS) is 25.2. The van der Waals surface area contributed by atoms with Crippen LogP contribution in [0.4, 0.5) is 0 Å². The van der Waals surface area contributed by atoms with Crippen LogP contribution < -0.4 is 4.74 Å². The molecule has 24 heavy (non-hydrogen) atoms. The van der Waals surface area contributed by atoms with Crippen LogP contribution in [0.15, 0.2) is 54.6 Å². The SMILES string of the molecule is CCOC(=O)[C@]1(C(C)C)Oc2ccccc2[C@]1(O)c1ccccc1. The molecule has 0 aromatic heterocycles. The highest BCUT2D eigenvalue weighted by Crippen LogP contribution is 2.54. The summed E-state index contributed by atoms with van der Waals surface area (Å²) in [6.07, 6.45) is 0. The number of esters is 1.